The summed E-state index contributed by atoms with van der Waals surface area (Å²) in [7, 11) is 0. The molecule has 8 heteroatoms. The average molecular weight is 406 g/mol. The summed E-state index contributed by atoms with van der Waals surface area (Å²) in [4.78, 5) is 19.7. The molecule has 0 bridgehead atoms. The van der Waals surface area contributed by atoms with E-state index >= 15 is 0 Å². The van der Waals surface area contributed by atoms with Gasteiger partial charge in [-0.05, 0) is 24.3 Å². The third kappa shape index (κ3) is 3.83. The molecule has 4 rings (SSSR count). The highest BCUT2D eigenvalue weighted by atomic mass is 19.4. The summed E-state index contributed by atoms with van der Waals surface area (Å²) in [5, 5.41) is 4.03. The van der Waals surface area contributed by atoms with Crippen LogP contribution in [-0.2, 0) is 11.0 Å². The number of nitrogens with zero attached hydrogens (tertiary/aromatic N) is 2. The van der Waals surface area contributed by atoms with Crippen molar-refractivity contribution < 1.29 is 27.2 Å². The average Bonchev–Trinajstić information content (AvgIpc) is 3.12. The zero-order valence-electron chi connectivity index (χ0n) is 15.4. The number of hydrogen-bond acceptors (Lipinski definition) is 3. The van der Waals surface area contributed by atoms with Gasteiger partial charge < -0.3 is 9.74 Å². The minimum absolute atomic E-state index is 0.0247. The topological polar surface area (TPSA) is 41.9 Å². The molecular formula is C21H18F4N2O2. The molecule has 0 aromatic heterocycles. The van der Waals surface area contributed by atoms with Crippen LogP contribution in [0.1, 0.15) is 40.7 Å². The zero-order chi connectivity index (χ0) is 20.6. The second-order valence-electron chi connectivity index (χ2n) is 7.34. The van der Waals surface area contributed by atoms with Crippen molar-refractivity contribution in [3.63, 3.8) is 0 Å². The SMILES string of the molecule is O=C(c1ccccc1F)N1CCC2(CC1)CC(c1cccc(C(F)(F)F)c1)=NO2. The van der Waals surface area contributed by atoms with Crippen LogP contribution >= 0.6 is 0 Å². The molecule has 0 aliphatic carbocycles. The molecule has 1 spiro atoms. The lowest BCUT2D eigenvalue weighted by atomic mass is 9.85. The standard InChI is InChI=1S/C21H18F4N2O2/c22-17-7-2-1-6-16(17)19(28)27-10-8-20(9-11-27)13-18(26-29-20)14-4-3-5-15(12-14)21(23,24)25/h1-7,12H,8-11,13H2. The molecule has 0 N–H and O–H groups in total. The molecule has 2 aliphatic rings. The molecule has 29 heavy (non-hydrogen) atoms. The highest BCUT2D eigenvalue weighted by Crippen LogP contribution is 2.37. The van der Waals surface area contributed by atoms with Crippen LogP contribution in [0.4, 0.5) is 17.6 Å². The van der Waals surface area contributed by atoms with Crippen LogP contribution < -0.4 is 0 Å². The fourth-order valence-corrected chi connectivity index (χ4v) is 3.74. The fraction of sp³-hybridized carbons (Fsp3) is 0.333. The van der Waals surface area contributed by atoms with Crippen molar-refractivity contribution in [2.45, 2.75) is 31.0 Å². The normalized spacial score (nSPS) is 18.5. The number of carbonyl (C=O) groups is 1. The Hall–Kier alpha value is -2.90. The third-order valence-corrected chi connectivity index (χ3v) is 5.43. The minimum atomic E-state index is -4.42. The monoisotopic (exact) mass is 406 g/mol. The largest absolute Gasteiger partial charge is 0.416 e. The van der Waals surface area contributed by atoms with E-state index in [1.54, 1.807) is 17.0 Å². The number of piperidine rings is 1. The van der Waals surface area contributed by atoms with Crippen LogP contribution in [0.5, 0.6) is 0 Å². The van der Waals surface area contributed by atoms with E-state index in [2.05, 4.69) is 5.16 Å². The third-order valence-electron chi connectivity index (χ3n) is 5.43. The molecule has 4 nitrogen and oxygen atoms in total. The van der Waals surface area contributed by atoms with E-state index in [0.717, 1.165) is 12.1 Å². The van der Waals surface area contributed by atoms with Crippen LogP contribution in [0.25, 0.3) is 0 Å². The quantitative estimate of drug-likeness (QED) is 0.682. The van der Waals surface area contributed by atoms with Crippen molar-refractivity contribution in [2.75, 3.05) is 13.1 Å². The molecule has 0 saturated carbocycles. The van der Waals surface area contributed by atoms with Crippen LogP contribution in [-0.4, -0.2) is 35.2 Å². The van der Waals surface area contributed by atoms with E-state index in [1.807, 2.05) is 0 Å². The Morgan fingerprint density at radius 2 is 1.79 bits per heavy atom. The molecular weight excluding hydrogens is 388 g/mol. The zero-order valence-corrected chi connectivity index (χ0v) is 15.4. The molecule has 2 aliphatic heterocycles. The number of hydrogen-bond donors (Lipinski definition) is 0. The maximum Gasteiger partial charge on any atom is 0.416 e. The number of oxime groups is 1. The summed E-state index contributed by atoms with van der Waals surface area (Å²) < 4.78 is 52.7. The molecule has 0 radical (unpaired) electrons. The highest BCUT2D eigenvalue weighted by Gasteiger charge is 2.43. The summed E-state index contributed by atoms with van der Waals surface area (Å²) >= 11 is 0. The maximum atomic E-state index is 13.9. The second kappa shape index (κ2) is 7.17. The lowest BCUT2D eigenvalue weighted by Crippen LogP contribution is -2.47. The van der Waals surface area contributed by atoms with Crippen LogP contribution in [0, 0.1) is 5.82 Å². The van der Waals surface area contributed by atoms with E-state index in [9.17, 15) is 22.4 Å². The van der Waals surface area contributed by atoms with Gasteiger partial charge in [-0.3, -0.25) is 4.79 Å². The van der Waals surface area contributed by atoms with Gasteiger partial charge >= 0.3 is 6.18 Å². The van der Waals surface area contributed by atoms with E-state index < -0.39 is 23.2 Å². The number of benzene rings is 2. The number of halogens is 4. The number of likely N-dealkylation sites (tertiary alicyclic amines) is 1. The van der Waals surface area contributed by atoms with Gasteiger partial charge in [0, 0.05) is 37.9 Å². The molecule has 2 aromatic carbocycles. The molecule has 0 unspecified atom stereocenters. The summed E-state index contributed by atoms with van der Waals surface area (Å²) in [6.07, 6.45) is -3.11. The summed E-state index contributed by atoms with van der Waals surface area (Å²) in [6, 6.07) is 10.8. The van der Waals surface area contributed by atoms with Gasteiger partial charge in [0.2, 0.25) is 0 Å². The predicted octanol–water partition coefficient (Wildman–Crippen LogP) is 4.64. The number of amides is 1. The Morgan fingerprint density at radius 3 is 2.48 bits per heavy atom. The van der Waals surface area contributed by atoms with Crippen molar-refractivity contribution >= 4 is 11.6 Å². The Labute approximate surface area is 164 Å². The Balaban J connectivity index is 1.42. The summed E-state index contributed by atoms with van der Waals surface area (Å²) in [5.41, 5.74) is -0.512. The van der Waals surface area contributed by atoms with Gasteiger partial charge in [0.25, 0.3) is 5.91 Å². The fourth-order valence-electron chi connectivity index (χ4n) is 3.74. The number of rotatable bonds is 2. The van der Waals surface area contributed by atoms with E-state index in [-0.39, 0.29) is 11.5 Å². The van der Waals surface area contributed by atoms with Crippen LogP contribution in [0.15, 0.2) is 53.7 Å². The number of alkyl halides is 3. The van der Waals surface area contributed by atoms with E-state index in [1.165, 1.54) is 24.3 Å². The molecule has 1 saturated heterocycles. The van der Waals surface area contributed by atoms with Gasteiger partial charge in [-0.2, -0.15) is 13.2 Å². The van der Waals surface area contributed by atoms with E-state index in [4.69, 9.17) is 4.84 Å². The Kier molecular flexibility index (Phi) is 4.80. The first-order valence-electron chi connectivity index (χ1n) is 9.24. The first-order chi connectivity index (χ1) is 13.8. The first kappa shape index (κ1) is 19.4. The smallest absolute Gasteiger partial charge is 0.388 e. The van der Waals surface area contributed by atoms with Gasteiger partial charge in [-0.15, -0.1) is 0 Å². The predicted molar refractivity (Wildman–Crippen MR) is 98.0 cm³/mol. The van der Waals surface area contributed by atoms with Crippen LogP contribution in [0.2, 0.25) is 0 Å². The van der Waals surface area contributed by atoms with Crippen molar-refractivity contribution in [2.24, 2.45) is 5.16 Å². The van der Waals surface area contributed by atoms with E-state index in [0.29, 0.717) is 43.6 Å². The molecule has 2 heterocycles. The van der Waals surface area contributed by atoms with Gasteiger partial charge in [-0.25, -0.2) is 4.39 Å². The summed E-state index contributed by atoms with van der Waals surface area (Å²) in [6.45, 7) is 0.719. The van der Waals surface area contributed by atoms with Gasteiger partial charge in [0.1, 0.15) is 11.4 Å². The Bertz CT molecular complexity index is 963. The lowest BCUT2D eigenvalue weighted by molar-refractivity contribution is -0.137. The minimum Gasteiger partial charge on any atom is -0.388 e. The van der Waals surface area contributed by atoms with Gasteiger partial charge in [-0.1, -0.05) is 29.4 Å². The van der Waals surface area contributed by atoms with Crippen molar-refractivity contribution in [3.05, 3.63) is 71.0 Å². The molecule has 1 amide bonds. The number of carbonyl (C=O) groups excluding carboxylic acids is 1. The van der Waals surface area contributed by atoms with Crippen molar-refractivity contribution in [3.8, 4) is 0 Å². The summed E-state index contributed by atoms with van der Waals surface area (Å²) in [5.74, 6) is -0.944. The molecule has 1 fully saturated rings. The van der Waals surface area contributed by atoms with Gasteiger partial charge in [0.15, 0.2) is 0 Å². The first-order valence-corrected chi connectivity index (χ1v) is 9.24. The lowest BCUT2D eigenvalue weighted by Gasteiger charge is -2.37. The highest BCUT2D eigenvalue weighted by molar-refractivity contribution is 6.02. The maximum absolute atomic E-state index is 13.9. The molecule has 2 aromatic rings. The molecule has 152 valence electrons. The Morgan fingerprint density at radius 1 is 1.07 bits per heavy atom. The van der Waals surface area contributed by atoms with Gasteiger partial charge in [0.05, 0.1) is 16.8 Å². The molecule has 0 atom stereocenters. The van der Waals surface area contributed by atoms with Crippen LogP contribution in [0.3, 0.4) is 0 Å². The second-order valence-corrected chi connectivity index (χ2v) is 7.34. The van der Waals surface area contributed by atoms with Crippen molar-refractivity contribution in [1.82, 2.24) is 4.90 Å². The van der Waals surface area contributed by atoms with Crippen molar-refractivity contribution in [1.29, 1.82) is 0 Å².